The van der Waals surface area contributed by atoms with Crippen molar-refractivity contribution in [2.24, 2.45) is 5.92 Å². The van der Waals surface area contributed by atoms with Gasteiger partial charge in [0.25, 0.3) is 0 Å². The van der Waals surface area contributed by atoms with Gasteiger partial charge >= 0.3 is 0 Å². The topological polar surface area (TPSA) is 120 Å². The van der Waals surface area contributed by atoms with Crippen LogP contribution in [-0.4, -0.2) is 60.8 Å². The van der Waals surface area contributed by atoms with Crippen molar-refractivity contribution in [3.05, 3.63) is 40.8 Å². The van der Waals surface area contributed by atoms with Crippen LogP contribution >= 0.6 is 11.6 Å². The van der Waals surface area contributed by atoms with Crippen molar-refractivity contribution < 1.29 is 0 Å². The van der Waals surface area contributed by atoms with Gasteiger partial charge < -0.3 is 15.5 Å². The molecule has 3 aromatic rings. The third-order valence-electron chi connectivity index (χ3n) is 7.54. The second kappa shape index (κ2) is 9.99. The number of hydrogen-bond acceptors (Lipinski definition) is 9. The molecule has 36 heavy (non-hydrogen) atoms. The summed E-state index contributed by atoms with van der Waals surface area (Å²) in [6.07, 6.45) is 10.0. The highest BCUT2D eigenvalue weighted by Crippen LogP contribution is 2.40. The molecule has 2 saturated heterocycles. The molecule has 10 nitrogen and oxygen atoms in total. The van der Waals surface area contributed by atoms with Gasteiger partial charge in [0.2, 0.25) is 5.95 Å². The SMILES string of the molecule is N#Cc1cnc(Nc2ccc(Cl)c(-n3nnnc3C3CC3)c2)nc1NC[C@@H]1CCCN2CCCC[C@H]12. The van der Waals surface area contributed by atoms with Gasteiger partial charge in [0.15, 0.2) is 5.82 Å². The van der Waals surface area contributed by atoms with Gasteiger partial charge in [0.1, 0.15) is 17.5 Å². The van der Waals surface area contributed by atoms with E-state index in [0.717, 1.165) is 30.9 Å². The van der Waals surface area contributed by atoms with Crippen LogP contribution < -0.4 is 10.6 Å². The summed E-state index contributed by atoms with van der Waals surface area (Å²) < 4.78 is 1.70. The Balaban J connectivity index is 1.19. The molecular formula is C25H29ClN10. The second-order valence-corrected chi connectivity index (χ2v) is 10.4. The summed E-state index contributed by atoms with van der Waals surface area (Å²) in [7, 11) is 0. The fraction of sp³-hybridized carbons (Fsp3) is 0.520. The maximum Gasteiger partial charge on any atom is 0.229 e. The molecule has 4 heterocycles. The fourth-order valence-electron chi connectivity index (χ4n) is 5.55. The van der Waals surface area contributed by atoms with Gasteiger partial charge in [-0.3, -0.25) is 0 Å². The number of rotatable bonds is 7. The number of nitriles is 1. The molecule has 1 aliphatic carbocycles. The normalized spacial score (nSPS) is 22.0. The number of hydrogen-bond donors (Lipinski definition) is 2. The summed E-state index contributed by atoms with van der Waals surface area (Å²) in [5.41, 5.74) is 1.90. The van der Waals surface area contributed by atoms with Crippen LogP contribution in [0, 0.1) is 17.2 Å². The van der Waals surface area contributed by atoms with Gasteiger partial charge in [-0.15, -0.1) is 5.10 Å². The lowest BCUT2D eigenvalue weighted by atomic mass is 9.83. The van der Waals surface area contributed by atoms with Crippen LogP contribution in [0.2, 0.25) is 5.02 Å². The third-order valence-corrected chi connectivity index (χ3v) is 7.86. The molecule has 1 aromatic carbocycles. The first-order valence-electron chi connectivity index (χ1n) is 12.8. The highest BCUT2D eigenvalue weighted by molar-refractivity contribution is 6.32. The summed E-state index contributed by atoms with van der Waals surface area (Å²) in [4.78, 5) is 11.7. The number of anilines is 3. The van der Waals surface area contributed by atoms with E-state index in [1.807, 2.05) is 12.1 Å². The average Bonchev–Trinajstić information content (AvgIpc) is 3.65. The molecule has 2 aliphatic heterocycles. The minimum absolute atomic E-state index is 0.382. The Morgan fingerprint density at radius 3 is 2.86 bits per heavy atom. The Labute approximate surface area is 215 Å². The van der Waals surface area contributed by atoms with E-state index in [0.29, 0.717) is 45.9 Å². The van der Waals surface area contributed by atoms with Crippen molar-refractivity contribution in [1.29, 1.82) is 5.26 Å². The number of benzene rings is 1. The predicted molar refractivity (Wildman–Crippen MR) is 137 cm³/mol. The van der Waals surface area contributed by atoms with E-state index in [-0.39, 0.29) is 0 Å². The zero-order valence-corrected chi connectivity index (χ0v) is 20.8. The minimum atomic E-state index is 0.382. The Morgan fingerprint density at radius 1 is 1.11 bits per heavy atom. The first-order chi connectivity index (χ1) is 17.7. The second-order valence-electron chi connectivity index (χ2n) is 9.96. The lowest BCUT2D eigenvalue weighted by Crippen LogP contribution is -2.49. The Hall–Kier alpha value is -3.29. The highest BCUT2D eigenvalue weighted by atomic mass is 35.5. The number of nitrogens with zero attached hydrogens (tertiary/aromatic N) is 8. The van der Waals surface area contributed by atoms with E-state index in [9.17, 15) is 5.26 Å². The maximum atomic E-state index is 9.64. The van der Waals surface area contributed by atoms with Gasteiger partial charge in [0.05, 0.1) is 16.9 Å². The number of fused-ring (bicyclic) bond motifs is 1. The number of tetrazole rings is 1. The Morgan fingerprint density at radius 2 is 2.00 bits per heavy atom. The van der Waals surface area contributed by atoms with Crippen LogP contribution in [0.3, 0.4) is 0 Å². The molecular weight excluding hydrogens is 476 g/mol. The molecule has 0 bridgehead atoms. The molecule has 0 radical (unpaired) electrons. The Kier molecular flexibility index (Phi) is 6.42. The largest absolute Gasteiger partial charge is 0.368 e. The van der Waals surface area contributed by atoms with Crippen LogP contribution in [0.15, 0.2) is 24.4 Å². The number of aromatic nitrogens is 6. The molecule has 3 fully saturated rings. The van der Waals surface area contributed by atoms with Gasteiger partial charge in [-0.25, -0.2) is 4.98 Å². The van der Waals surface area contributed by atoms with E-state index in [1.54, 1.807) is 16.9 Å². The van der Waals surface area contributed by atoms with Gasteiger partial charge in [0, 0.05) is 24.2 Å². The predicted octanol–water partition coefficient (Wildman–Crippen LogP) is 4.27. The third kappa shape index (κ3) is 4.73. The van der Waals surface area contributed by atoms with Crippen molar-refractivity contribution in [3.63, 3.8) is 0 Å². The molecule has 0 amide bonds. The summed E-state index contributed by atoms with van der Waals surface area (Å²) >= 11 is 6.49. The first-order valence-corrected chi connectivity index (χ1v) is 13.2. The van der Waals surface area contributed by atoms with Crippen LogP contribution in [0.25, 0.3) is 5.69 Å². The van der Waals surface area contributed by atoms with Crippen LogP contribution in [-0.2, 0) is 0 Å². The Bertz CT molecular complexity index is 1280. The lowest BCUT2D eigenvalue weighted by molar-refractivity contribution is 0.0649. The molecule has 3 aliphatic rings. The minimum Gasteiger partial charge on any atom is -0.368 e. The zero-order valence-electron chi connectivity index (χ0n) is 20.1. The van der Waals surface area contributed by atoms with Gasteiger partial charge in [-0.05, 0) is 86.2 Å². The molecule has 186 valence electrons. The monoisotopic (exact) mass is 504 g/mol. The van der Waals surface area contributed by atoms with E-state index < -0.39 is 0 Å². The molecule has 6 rings (SSSR count). The summed E-state index contributed by atoms with van der Waals surface area (Å²) in [6.45, 7) is 3.23. The van der Waals surface area contributed by atoms with Crippen LogP contribution in [0.1, 0.15) is 62.3 Å². The van der Waals surface area contributed by atoms with Crippen LogP contribution in [0.4, 0.5) is 17.5 Å². The quantitative estimate of drug-likeness (QED) is 0.485. The molecule has 11 heteroatoms. The lowest BCUT2D eigenvalue weighted by Gasteiger charge is -2.44. The standard InChI is InChI=1S/C25H29ClN10/c26-20-9-8-19(12-22(20)36-24(16-6-7-16)32-33-34-36)30-25-29-15-18(13-27)23(31-25)28-14-17-4-3-11-35-10-2-1-5-21(17)35/h8-9,12,15-17,21H,1-7,10-11,14H2,(H2,28,29,30,31)/t17-,21+/m0/s1. The van der Waals surface area contributed by atoms with Crippen LogP contribution in [0.5, 0.6) is 0 Å². The van der Waals surface area contributed by atoms with E-state index in [4.69, 9.17) is 11.6 Å². The fourth-order valence-corrected chi connectivity index (χ4v) is 5.74. The van der Waals surface area contributed by atoms with Crippen molar-refractivity contribution in [1.82, 2.24) is 35.1 Å². The molecule has 0 unspecified atom stereocenters. The van der Waals surface area contributed by atoms with Crippen molar-refractivity contribution in [2.75, 3.05) is 30.3 Å². The molecule has 2 N–H and O–H groups in total. The molecule has 2 aromatic heterocycles. The molecule has 0 spiro atoms. The van der Waals surface area contributed by atoms with Gasteiger partial charge in [-0.1, -0.05) is 18.0 Å². The van der Waals surface area contributed by atoms with Crippen molar-refractivity contribution >= 4 is 29.1 Å². The number of halogens is 1. The van der Waals surface area contributed by atoms with Crippen molar-refractivity contribution in [3.8, 4) is 11.8 Å². The van der Waals surface area contributed by atoms with Gasteiger partial charge in [-0.2, -0.15) is 14.9 Å². The zero-order chi connectivity index (χ0) is 24.5. The molecule has 2 atom stereocenters. The van der Waals surface area contributed by atoms with E-state index in [1.165, 1.54) is 45.2 Å². The number of piperidine rings is 2. The van der Waals surface area contributed by atoms with Crippen molar-refractivity contribution in [2.45, 2.75) is 56.9 Å². The highest BCUT2D eigenvalue weighted by Gasteiger charge is 2.33. The first kappa shape index (κ1) is 23.1. The summed E-state index contributed by atoms with van der Waals surface area (Å²) in [6, 6.07) is 8.40. The molecule has 1 saturated carbocycles. The summed E-state index contributed by atoms with van der Waals surface area (Å²) in [5, 5.41) is 29.1. The smallest absolute Gasteiger partial charge is 0.229 e. The van der Waals surface area contributed by atoms with E-state index >= 15 is 0 Å². The summed E-state index contributed by atoms with van der Waals surface area (Å²) in [5.74, 6) is 2.75. The maximum absolute atomic E-state index is 9.64. The average molecular weight is 505 g/mol. The van der Waals surface area contributed by atoms with E-state index in [2.05, 4.69) is 47.1 Å². The number of nitrogens with one attached hydrogen (secondary N) is 2.